The van der Waals surface area contributed by atoms with Crippen LogP contribution in [0.3, 0.4) is 0 Å². The smallest absolute Gasteiger partial charge is 0.0949 e. The van der Waals surface area contributed by atoms with Crippen molar-refractivity contribution in [3.63, 3.8) is 0 Å². The van der Waals surface area contributed by atoms with Gasteiger partial charge in [0.1, 0.15) is 0 Å². The van der Waals surface area contributed by atoms with Crippen molar-refractivity contribution in [2.45, 2.75) is 37.4 Å². The minimum absolute atomic E-state index is 0.593. The zero-order chi connectivity index (χ0) is 12.5. The first kappa shape index (κ1) is 12.6. The number of benzene rings is 1. The van der Waals surface area contributed by atoms with E-state index in [-0.39, 0.29) is 0 Å². The molecule has 0 bridgehead atoms. The summed E-state index contributed by atoms with van der Waals surface area (Å²) in [6, 6.07) is 8.43. The summed E-state index contributed by atoms with van der Waals surface area (Å²) in [5.41, 5.74) is 1.15. The van der Waals surface area contributed by atoms with Crippen molar-refractivity contribution in [2.75, 3.05) is 0 Å². The molecule has 96 valence electrons. The third kappa shape index (κ3) is 2.48. The molecule has 0 N–H and O–H groups in total. The molecule has 0 amide bonds. The number of aromatic nitrogens is 1. The molecule has 1 aliphatic rings. The topological polar surface area (TPSA) is 12.9 Å². The maximum absolute atomic E-state index is 4.74. The summed E-state index contributed by atoms with van der Waals surface area (Å²) in [6.07, 6.45) is 5.25. The average Bonchev–Trinajstić information content (AvgIpc) is 2.94. The molecule has 3 unspecified atom stereocenters. The van der Waals surface area contributed by atoms with E-state index in [0.717, 1.165) is 23.8 Å². The van der Waals surface area contributed by atoms with Gasteiger partial charge >= 0.3 is 0 Å². The summed E-state index contributed by atoms with van der Waals surface area (Å²) in [5, 5.41) is 1.28. The van der Waals surface area contributed by atoms with Gasteiger partial charge in [-0.1, -0.05) is 47.8 Å². The number of halogens is 1. The van der Waals surface area contributed by atoms with Gasteiger partial charge in [-0.25, -0.2) is 4.98 Å². The van der Waals surface area contributed by atoms with E-state index in [1.807, 2.05) is 11.3 Å². The van der Waals surface area contributed by atoms with Crippen LogP contribution in [0.25, 0.3) is 10.2 Å². The number of hydrogen-bond acceptors (Lipinski definition) is 2. The van der Waals surface area contributed by atoms with Crippen molar-refractivity contribution in [1.82, 2.24) is 4.98 Å². The van der Waals surface area contributed by atoms with Crippen LogP contribution in [-0.2, 0) is 6.42 Å². The zero-order valence-electron chi connectivity index (χ0n) is 10.6. The van der Waals surface area contributed by atoms with Crippen LogP contribution in [0.5, 0.6) is 0 Å². The molecule has 0 saturated heterocycles. The van der Waals surface area contributed by atoms with E-state index in [4.69, 9.17) is 4.98 Å². The summed E-state index contributed by atoms with van der Waals surface area (Å²) in [4.78, 5) is 5.33. The Morgan fingerprint density at radius 3 is 2.94 bits per heavy atom. The number of thiazole rings is 1. The van der Waals surface area contributed by atoms with E-state index in [1.165, 1.54) is 29.0 Å². The van der Waals surface area contributed by atoms with Crippen molar-refractivity contribution in [3.05, 3.63) is 29.3 Å². The Bertz CT molecular complexity index is 503. The second kappa shape index (κ2) is 5.30. The minimum Gasteiger partial charge on any atom is -0.241 e. The van der Waals surface area contributed by atoms with Crippen LogP contribution in [-0.4, -0.2) is 9.81 Å². The number of rotatable bonds is 3. The quantitative estimate of drug-likeness (QED) is 0.721. The maximum Gasteiger partial charge on any atom is 0.0949 e. The highest BCUT2D eigenvalue weighted by molar-refractivity contribution is 9.09. The lowest BCUT2D eigenvalue weighted by molar-refractivity contribution is 0.407. The molecule has 1 aromatic carbocycles. The summed E-state index contributed by atoms with van der Waals surface area (Å²) >= 11 is 5.75. The second-order valence-electron chi connectivity index (χ2n) is 5.37. The average molecular weight is 324 g/mol. The lowest BCUT2D eigenvalue weighted by Crippen LogP contribution is -2.19. The lowest BCUT2D eigenvalue weighted by Gasteiger charge is -2.20. The molecule has 1 saturated carbocycles. The lowest BCUT2D eigenvalue weighted by atomic mass is 9.93. The first-order valence-corrected chi connectivity index (χ1v) is 8.46. The van der Waals surface area contributed by atoms with Crippen molar-refractivity contribution >= 4 is 37.5 Å². The van der Waals surface area contributed by atoms with Gasteiger partial charge in [0.05, 0.1) is 15.2 Å². The van der Waals surface area contributed by atoms with Crippen LogP contribution in [0, 0.1) is 11.8 Å². The fourth-order valence-corrected chi connectivity index (χ4v) is 5.37. The predicted molar refractivity (Wildman–Crippen MR) is 82.5 cm³/mol. The molecule has 0 spiro atoms. The van der Waals surface area contributed by atoms with E-state index >= 15 is 0 Å². The fraction of sp³-hybridized carbons (Fsp3) is 0.533. The third-order valence-corrected chi connectivity index (χ3v) is 6.16. The highest BCUT2D eigenvalue weighted by Crippen LogP contribution is 2.38. The highest BCUT2D eigenvalue weighted by Gasteiger charge is 2.29. The molecule has 18 heavy (non-hydrogen) atoms. The molecule has 1 fully saturated rings. The van der Waals surface area contributed by atoms with E-state index in [1.54, 1.807) is 0 Å². The van der Waals surface area contributed by atoms with Gasteiger partial charge in [-0.05, 0) is 30.4 Å². The molecule has 1 aliphatic carbocycles. The van der Waals surface area contributed by atoms with Gasteiger partial charge in [-0.2, -0.15) is 0 Å². The zero-order valence-corrected chi connectivity index (χ0v) is 13.0. The van der Waals surface area contributed by atoms with Crippen LogP contribution in [0.15, 0.2) is 24.3 Å². The number of nitrogens with zero attached hydrogens (tertiary/aromatic N) is 1. The van der Waals surface area contributed by atoms with Crippen LogP contribution in [0.1, 0.15) is 31.2 Å². The van der Waals surface area contributed by atoms with Crippen molar-refractivity contribution in [1.29, 1.82) is 0 Å². The van der Waals surface area contributed by atoms with Crippen molar-refractivity contribution < 1.29 is 0 Å². The number of para-hydroxylation sites is 1. The van der Waals surface area contributed by atoms with Gasteiger partial charge in [0.2, 0.25) is 0 Å². The Morgan fingerprint density at radius 2 is 2.22 bits per heavy atom. The summed E-state index contributed by atoms with van der Waals surface area (Å²) in [7, 11) is 0. The van der Waals surface area contributed by atoms with Gasteiger partial charge in [0.25, 0.3) is 0 Å². The van der Waals surface area contributed by atoms with Crippen LogP contribution in [0.4, 0.5) is 0 Å². The maximum atomic E-state index is 4.74. The van der Waals surface area contributed by atoms with E-state index in [0.29, 0.717) is 4.83 Å². The predicted octanol–water partition coefficient (Wildman–Crippen LogP) is 5.04. The Hall–Kier alpha value is -0.410. The molecule has 2 aromatic rings. The normalized spacial score (nSPS) is 25.7. The highest BCUT2D eigenvalue weighted by atomic mass is 79.9. The second-order valence-corrected chi connectivity index (χ2v) is 7.66. The summed E-state index contributed by atoms with van der Waals surface area (Å²) < 4.78 is 1.31. The van der Waals surface area contributed by atoms with E-state index in [9.17, 15) is 0 Å². The third-order valence-electron chi connectivity index (χ3n) is 4.10. The molecule has 0 radical (unpaired) electrons. The molecular weight excluding hydrogens is 306 g/mol. The molecule has 0 aliphatic heterocycles. The number of alkyl halides is 1. The molecule has 3 heteroatoms. The standard InChI is InChI=1S/C15H18BrNS/c1-10-5-4-6-11(10)12(16)9-15-17-13-7-2-3-8-14(13)18-15/h2-3,7-8,10-12H,4-6,9H2,1H3. The van der Waals surface area contributed by atoms with E-state index < -0.39 is 0 Å². The first-order chi connectivity index (χ1) is 8.74. The Kier molecular flexibility index (Phi) is 3.71. The fourth-order valence-electron chi connectivity index (χ4n) is 3.04. The van der Waals surface area contributed by atoms with E-state index in [2.05, 4.69) is 47.1 Å². The number of hydrogen-bond donors (Lipinski definition) is 0. The monoisotopic (exact) mass is 323 g/mol. The molecule has 1 aromatic heterocycles. The molecule has 1 nitrogen and oxygen atoms in total. The molecule has 1 heterocycles. The minimum atomic E-state index is 0.593. The van der Waals surface area contributed by atoms with Gasteiger partial charge in [-0.3, -0.25) is 0 Å². The summed E-state index contributed by atoms with van der Waals surface area (Å²) in [6.45, 7) is 2.39. The Balaban J connectivity index is 1.75. The Morgan fingerprint density at radius 1 is 1.39 bits per heavy atom. The van der Waals surface area contributed by atoms with Crippen molar-refractivity contribution in [3.8, 4) is 0 Å². The largest absolute Gasteiger partial charge is 0.241 e. The molecule has 3 rings (SSSR count). The van der Waals surface area contributed by atoms with Crippen LogP contribution >= 0.6 is 27.3 Å². The number of fused-ring (bicyclic) bond motifs is 1. The SMILES string of the molecule is CC1CCCC1C(Br)Cc1nc2ccccc2s1. The van der Waals surface area contributed by atoms with Crippen LogP contribution < -0.4 is 0 Å². The van der Waals surface area contributed by atoms with Gasteiger partial charge in [0, 0.05) is 11.2 Å². The van der Waals surface area contributed by atoms with Gasteiger partial charge in [-0.15, -0.1) is 11.3 Å². The summed E-state index contributed by atoms with van der Waals surface area (Å²) in [5.74, 6) is 1.70. The molecular formula is C15H18BrNS. The Labute approximate surface area is 121 Å². The van der Waals surface area contributed by atoms with Gasteiger partial charge in [0.15, 0.2) is 0 Å². The van der Waals surface area contributed by atoms with Crippen molar-refractivity contribution in [2.24, 2.45) is 11.8 Å². The van der Waals surface area contributed by atoms with Crippen LogP contribution in [0.2, 0.25) is 0 Å². The first-order valence-electron chi connectivity index (χ1n) is 6.72. The van der Waals surface area contributed by atoms with Gasteiger partial charge < -0.3 is 0 Å². The molecule has 3 atom stereocenters.